The molecule has 2 rings (SSSR count). The summed E-state index contributed by atoms with van der Waals surface area (Å²) in [6.07, 6.45) is 0.407. The average molecular weight is 391 g/mol. The highest BCUT2D eigenvalue weighted by Crippen LogP contribution is 2.32. The van der Waals surface area contributed by atoms with E-state index in [2.05, 4.69) is 26.6 Å². The predicted octanol–water partition coefficient (Wildman–Crippen LogP) is 1.87. The summed E-state index contributed by atoms with van der Waals surface area (Å²) in [5.74, 6) is -0.372. The molecule has 1 aromatic rings. The van der Waals surface area contributed by atoms with Crippen LogP contribution in [0.15, 0.2) is 9.85 Å². The molecule has 0 saturated carbocycles. The number of amides is 4. The Balaban J connectivity index is 2.06. The fourth-order valence-corrected chi connectivity index (χ4v) is 3.77. The van der Waals surface area contributed by atoms with Crippen molar-refractivity contribution in [2.24, 2.45) is 5.73 Å². The SMILES string of the molecule is NC(=O)Nc1sc(Br)cc1C(=O)N[C@H]1CCCN(C(=O)O)C1. The van der Waals surface area contributed by atoms with Gasteiger partial charge >= 0.3 is 12.1 Å². The molecule has 0 aromatic carbocycles. The monoisotopic (exact) mass is 390 g/mol. The lowest BCUT2D eigenvalue weighted by Crippen LogP contribution is -2.49. The van der Waals surface area contributed by atoms with Gasteiger partial charge in [0.1, 0.15) is 5.00 Å². The van der Waals surface area contributed by atoms with E-state index in [-0.39, 0.29) is 18.5 Å². The van der Waals surface area contributed by atoms with Crippen molar-refractivity contribution < 1.29 is 19.5 Å². The zero-order valence-corrected chi connectivity index (χ0v) is 13.9. The second kappa shape index (κ2) is 6.97. The molecule has 1 aliphatic heterocycles. The number of anilines is 1. The van der Waals surface area contributed by atoms with Crippen LogP contribution in [0.5, 0.6) is 0 Å². The first-order valence-electron chi connectivity index (χ1n) is 6.51. The fraction of sp³-hybridized carbons (Fsp3) is 0.417. The van der Waals surface area contributed by atoms with Gasteiger partial charge in [0.25, 0.3) is 5.91 Å². The highest BCUT2D eigenvalue weighted by Gasteiger charge is 2.26. The van der Waals surface area contributed by atoms with E-state index in [1.165, 1.54) is 16.2 Å². The molecule has 0 aliphatic carbocycles. The third kappa shape index (κ3) is 4.10. The van der Waals surface area contributed by atoms with Gasteiger partial charge in [-0.1, -0.05) is 0 Å². The van der Waals surface area contributed by atoms with Gasteiger partial charge in [-0.3, -0.25) is 10.1 Å². The quantitative estimate of drug-likeness (QED) is 0.628. The van der Waals surface area contributed by atoms with Gasteiger partial charge in [-0.05, 0) is 34.8 Å². The van der Waals surface area contributed by atoms with Crippen LogP contribution < -0.4 is 16.4 Å². The number of halogens is 1. The van der Waals surface area contributed by atoms with Crippen molar-refractivity contribution >= 4 is 50.3 Å². The third-order valence-electron chi connectivity index (χ3n) is 3.21. The number of carbonyl (C=O) groups is 3. The van der Waals surface area contributed by atoms with Gasteiger partial charge in [-0.15, -0.1) is 11.3 Å². The number of nitrogens with zero attached hydrogens (tertiary/aromatic N) is 1. The Morgan fingerprint density at radius 1 is 1.45 bits per heavy atom. The Morgan fingerprint density at radius 3 is 2.82 bits per heavy atom. The van der Waals surface area contributed by atoms with Gasteiger partial charge in [-0.25, -0.2) is 9.59 Å². The second-order valence-electron chi connectivity index (χ2n) is 4.82. The smallest absolute Gasteiger partial charge is 0.407 e. The van der Waals surface area contributed by atoms with Crippen LogP contribution in [0.2, 0.25) is 0 Å². The minimum absolute atomic E-state index is 0.252. The summed E-state index contributed by atoms with van der Waals surface area (Å²) in [6, 6.07) is 0.582. The molecule has 120 valence electrons. The molecule has 1 fully saturated rings. The van der Waals surface area contributed by atoms with Crippen LogP contribution in [0.1, 0.15) is 23.2 Å². The highest BCUT2D eigenvalue weighted by molar-refractivity contribution is 9.11. The van der Waals surface area contributed by atoms with Gasteiger partial charge in [0, 0.05) is 19.1 Å². The van der Waals surface area contributed by atoms with Gasteiger partial charge in [0.2, 0.25) is 0 Å². The summed E-state index contributed by atoms with van der Waals surface area (Å²) in [4.78, 5) is 35.5. The molecule has 8 nitrogen and oxygen atoms in total. The standard InChI is InChI=1S/C12H15BrN4O4S/c13-8-4-7(10(22-8)16-11(14)19)9(18)15-6-2-1-3-17(5-6)12(20)21/h4,6H,1-3,5H2,(H,15,18)(H,20,21)(H3,14,16,19)/t6-/m0/s1. The first-order chi connectivity index (χ1) is 10.4. The van der Waals surface area contributed by atoms with E-state index in [9.17, 15) is 14.4 Å². The number of nitrogens with two attached hydrogens (primary N) is 1. The maximum Gasteiger partial charge on any atom is 0.407 e. The predicted molar refractivity (Wildman–Crippen MR) is 85.3 cm³/mol. The molecule has 0 bridgehead atoms. The number of hydrogen-bond acceptors (Lipinski definition) is 4. The lowest BCUT2D eigenvalue weighted by Gasteiger charge is -2.31. The number of nitrogens with one attached hydrogen (secondary N) is 2. The molecular weight excluding hydrogens is 376 g/mol. The lowest BCUT2D eigenvalue weighted by molar-refractivity contribution is 0.0889. The molecule has 1 atom stereocenters. The number of primary amides is 1. The highest BCUT2D eigenvalue weighted by atomic mass is 79.9. The zero-order valence-electron chi connectivity index (χ0n) is 11.5. The first kappa shape index (κ1) is 16.6. The van der Waals surface area contributed by atoms with Crippen LogP contribution in [0.25, 0.3) is 0 Å². The third-order valence-corrected chi connectivity index (χ3v) is 4.76. The van der Waals surface area contributed by atoms with Crippen molar-refractivity contribution in [3.05, 3.63) is 15.4 Å². The molecule has 1 aromatic heterocycles. The first-order valence-corrected chi connectivity index (χ1v) is 8.12. The average Bonchev–Trinajstić information content (AvgIpc) is 2.79. The lowest BCUT2D eigenvalue weighted by atomic mass is 10.1. The number of thiophene rings is 1. The van der Waals surface area contributed by atoms with Crippen molar-refractivity contribution in [3.63, 3.8) is 0 Å². The number of rotatable bonds is 3. The van der Waals surface area contributed by atoms with Crippen LogP contribution in [0.3, 0.4) is 0 Å². The number of likely N-dealkylation sites (tertiary alicyclic amines) is 1. The van der Waals surface area contributed by atoms with E-state index in [1.807, 2.05) is 0 Å². The van der Waals surface area contributed by atoms with Gasteiger partial charge in [-0.2, -0.15) is 0 Å². The number of carboxylic acid groups (broad SMARTS) is 1. The Labute approximate surface area is 138 Å². The molecule has 10 heteroatoms. The number of piperidine rings is 1. The molecule has 22 heavy (non-hydrogen) atoms. The summed E-state index contributed by atoms with van der Waals surface area (Å²) < 4.78 is 0.678. The van der Waals surface area contributed by atoms with Crippen molar-refractivity contribution in [3.8, 4) is 0 Å². The van der Waals surface area contributed by atoms with E-state index < -0.39 is 12.1 Å². The van der Waals surface area contributed by atoms with Crippen molar-refractivity contribution in [2.75, 3.05) is 18.4 Å². The van der Waals surface area contributed by atoms with Gasteiger partial charge in [0.05, 0.1) is 9.35 Å². The van der Waals surface area contributed by atoms with E-state index in [0.29, 0.717) is 33.7 Å². The summed E-state index contributed by atoms with van der Waals surface area (Å²) in [6.45, 7) is 0.727. The summed E-state index contributed by atoms with van der Waals surface area (Å²) in [5, 5.41) is 14.5. The van der Waals surface area contributed by atoms with Crippen molar-refractivity contribution in [1.82, 2.24) is 10.2 Å². The van der Waals surface area contributed by atoms with Crippen molar-refractivity contribution in [1.29, 1.82) is 0 Å². The largest absolute Gasteiger partial charge is 0.465 e. The van der Waals surface area contributed by atoms with Crippen molar-refractivity contribution in [2.45, 2.75) is 18.9 Å². The second-order valence-corrected chi connectivity index (χ2v) is 7.26. The molecule has 0 spiro atoms. The van der Waals surface area contributed by atoms with Crippen LogP contribution in [-0.2, 0) is 0 Å². The van der Waals surface area contributed by atoms with Crippen LogP contribution >= 0.6 is 27.3 Å². The van der Waals surface area contributed by atoms with Gasteiger partial charge in [0.15, 0.2) is 0 Å². The molecule has 1 saturated heterocycles. The number of urea groups is 1. The summed E-state index contributed by atoms with van der Waals surface area (Å²) >= 11 is 4.43. The normalized spacial score (nSPS) is 17.9. The Bertz CT molecular complexity index is 606. The topological polar surface area (TPSA) is 125 Å². The fourth-order valence-electron chi connectivity index (χ4n) is 2.27. The van der Waals surface area contributed by atoms with Crippen LogP contribution in [0.4, 0.5) is 14.6 Å². The molecular formula is C12H15BrN4O4S. The van der Waals surface area contributed by atoms with E-state index in [4.69, 9.17) is 10.8 Å². The van der Waals surface area contributed by atoms with Gasteiger partial charge < -0.3 is 21.1 Å². The van der Waals surface area contributed by atoms with Crippen LogP contribution in [0, 0.1) is 0 Å². The molecule has 0 radical (unpaired) electrons. The Morgan fingerprint density at radius 2 is 2.18 bits per heavy atom. The minimum atomic E-state index is -0.992. The van der Waals surface area contributed by atoms with E-state index >= 15 is 0 Å². The number of hydrogen-bond donors (Lipinski definition) is 4. The minimum Gasteiger partial charge on any atom is -0.465 e. The number of carbonyl (C=O) groups excluding carboxylic acids is 2. The molecule has 4 amide bonds. The molecule has 5 N–H and O–H groups in total. The van der Waals surface area contributed by atoms with E-state index in [1.54, 1.807) is 6.07 Å². The van der Waals surface area contributed by atoms with Crippen LogP contribution in [-0.4, -0.2) is 47.2 Å². The summed E-state index contributed by atoms with van der Waals surface area (Å²) in [7, 11) is 0. The Kier molecular flexibility index (Phi) is 5.24. The van der Waals surface area contributed by atoms with E-state index in [0.717, 1.165) is 0 Å². The zero-order chi connectivity index (χ0) is 16.3. The molecule has 1 aliphatic rings. The maximum absolute atomic E-state index is 12.3. The Hall–Kier alpha value is -1.81. The molecule has 0 unspecified atom stereocenters. The molecule has 2 heterocycles. The maximum atomic E-state index is 12.3. The summed E-state index contributed by atoms with van der Waals surface area (Å²) in [5.41, 5.74) is 5.37.